The van der Waals surface area contributed by atoms with E-state index in [2.05, 4.69) is 22.5 Å². The first-order chi connectivity index (χ1) is 15.2. The number of carbonyl (C=O) groups is 2. The summed E-state index contributed by atoms with van der Waals surface area (Å²) in [6, 6.07) is 5.36. The largest absolute Gasteiger partial charge is 0.384 e. The van der Waals surface area contributed by atoms with Crippen LogP contribution in [0.5, 0.6) is 0 Å². The highest BCUT2D eigenvalue weighted by Gasteiger charge is 2.26. The normalized spacial score (nSPS) is 12.9. The van der Waals surface area contributed by atoms with Crippen LogP contribution in [0.1, 0.15) is 37.8 Å². The Labute approximate surface area is 187 Å². The van der Waals surface area contributed by atoms with Gasteiger partial charge in [0.15, 0.2) is 11.6 Å². The number of likely N-dealkylation sites (N-methyl/N-ethyl adjacent to an activating group) is 1. The molecular weight excluding hydrogens is 416 g/mol. The molecule has 0 aliphatic rings. The summed E-state index contributed by atoms with van der Waals surface area (Å²) in [5, 5.41) is 5.51. The summed E-state index contributed by atoms with van der Waals surface area (Å²) in [6.07, 6.45) is 3.51. The van der Waals surface area contributed by atoms with Gasteiger partial charge in [-0.05, 0) is 56.3 Å². The molecule has 174 valence electrons. The number of nitrogens with zero attached hydrogens (tertiary/aromatic N) is 2. The molecule has 0 saturated carbocycles. The van der Waals surface area contributed by atoms with Crippen molar-refractivity contribution in [2.75, 3.05) is 19.3 Å². The maximum Gasteiger partial charge on any atom is 0.243 e. The molecule has 32 heavy (non-hydrogen) atoms. The lowest BCUT2D eigenvalue weighted by molar-refractivity contribution is -0.131. The van der Waals surface area contributed by atoms with Crippen LogP contribution in [0, 0.1) is 11.6 Å². The van der Waals surface area contributed by atoms with Crippen molar-refractivity contribution in [3.8, 4) is 0 Å². The summed E-state index contributed by atoms with van der Waals surface area (Å²) < 4.78 is 27.0. The molecule has 2 atom stereocenters. The molecule has 1 aromatic heterocycles. The van der Waals surface area contributed by atoms with Crippen molar-refractivity contribution in [2.24, 2.45) is 0 Å². The molecule has 0 radical (unpaired) electrons. The Morgan fingerprint density at radius 3 is 2.47 bits per heavy atom. The van der Waals surface area contributed by atoms with E-state index in [4.69, 9.17) is 5.73 Å². The number of rotatable bonds is 11. The zero-order valence-electron chi connectivity index (χ0n) is 18.7. The Balaban J connectivity index is 2.11. The maximum absolute atomic E-state index is 13.7. The maximum atomic E-state index is 13.7. The van der Waals surface area contributed by atoms with Crippen LogP contribution in [0.15, 0.2) is 36.5 Å². The van der Waals surface area contributed by atoms with Gasteiger partial charge in [-0.15, -0.1) is 0 Å². The van der Waals surface area contributed by atoms with Gasteiger partial charge in [-0.1, -0.05) is 25.5 Å². The second-order valence-electron chi connectivity index (χ2n) is 7.83. The Morgan fingerprint density at radius 2 is 1.84 bits per heavy atom. The van der Waals surface area contributed by atoms with Gasteiger partial charge in [-0.2, -0.15) is 0 Å². The molecule has 0 aliphatic carbocycles. The lowest BCUT2D eigenvalue weighted by Gasteiger charge is -2.26. The van der Waals surface area contributed by atoms with E-state index in [1.165, 1.54) is 6.07 Å². The minimum absolute atomic E-state index is 0.0140. The molecule has 0 saturated heterocycles. The van der Waals surface area contributed by atoms with Crippen LogP contribution < -0.4 is 16.4 Å². The molecular formula is C23H31F2N5O2. The minimum Gasteiger partial charge on any atom is -0.384 e. The third-order valence-electron chi connectivity index (χ3n) is 5.28. The lowest BCUT2D eigenvalue weighted by Crippen LogP contribution is -2.53. The number of pyridine rings is 1. The SMILES string of the molecule is CCCCN(C)[C@@H](C)C(=O)N[C@@H](Cc1ccc(F)c(F)c1)C(=O)NCc1ccc(N)nc1. The molecule has 2 amide bonds. The minimum atomic E-state index is -1.01. The topological polar surface area (TPSA) is 100 Å². The van der Waals surface area contributed by atoms with Crippen molar-refractivity contribution in [2.45, 2.75) is 51.7 Å². The number of nitrogens with two attached hydrogens (primary N) is 1. The zero-order chi connectivity index (χ0) is 23.7. The Hall–Kier alpha value is -3.07. The number of aromatic nitrogens is 1. The standard InChI is InChI=1S/C23H31F2N5O2/c1-4-5-10-30(3)15(2)22(31)29-20(12-16-6-8-18(24)19(25)11-16)23(32)28-14-17-7-9-21(26)27-13-17/h6-9,11,13,15,20H,4-5,10,12,14H2,1-3H3,(H2,26,27)(H,28,32)(H,29,31)/t15-,20-/m0/s1. The molecule has 2 aromatic rings. The number of nitrogen functional groups attached to an aromatic ring is 1. The monoisotopic (exact) mass is 447 g/mol. The first kappa shape index (κ1) is 25.2. The third kappa shape index (κ3) is 7.56. The average Bonchev–Trinajstić information content (AvgIpc) is 2.78. The predicted molar refractivity (Wildman–Crippen MR) is 119 cm³/mol. The predicted octanol–water partition coefficient (Wildman–Crippen LogP) is 2.41. The number of benzene rings is 1. The second-order valence-corrected chi connectivity index (χ2v) is 7.83. The lowest BCUT2D eigenvalue weighted by atomic mass is 10.0. The van der Waals surface area contributed by atoms with Crippen molar-refractivity contribution in [1.82, 2.24) is 20.5 Å². The summed E-state index contributed by atoms with van der Waals surface area (Å²) in [6.45, 7) is 4.76. The molecule has 4 N–H and O–H groups in total. The van der Waals surface area contributed by atoms with Crippen molar-refractivity contribution in [1.29, 1.82) is 0 Å². The first-order valence-corrected chi connectivity index (χ1v) is 10.6. The van der Waals surface area contributed by atoms with Gasteiger partial charge in [0.1, 0.15) is 11.9 Å². The number of hydrogen-bond donors (Lipinski definition) is 3. The molecule has 9 heteroatoms. The number of amides is 2. The molecule has 0 aliphatic heterocycles. The Bertz CT molecular complexity index is 908. The van der Waals surface area contributed by atoms with E-state index in [9.17, 15) is 18.4 Å². The fourth-order valence-electron chi connectivity index (χ4n) is 3.06. The van der Waals surface area contributed by atoms with E-state index < -0.39 is 29.6 Å². The molecule has 0 unspecified atom stereocenters. The van der Waals surface area contributed by atoms with Crippen molar-refractivity contribution in [3.63, 3.8) is 0 Å². The van der Waals surface area contributed by atoms with Crippen LogP contribution in [-0.4, -0.2) is 47.4 Å². The fourth-order valence-corrected chi connectivity index (χ4v) is 3.06. The highest BCUT2D eigenvalue weighted by atomic mass is 19.2. The van der Waals surface area contributed by atoms with E-state index in [1.54, 1.807) is 25.3 Å². The van der Waals surface area contributed by atoms with Crippen molar-refractivity contribution >= 4 is 17.6 Å². The summed E-state index contributed by atoms with van der Waals surface area (Å²) >= 11 is 0. The smallest absolute Gasteiger partial charge is 0.243 e. The molecule has 1 aromatic carbocycles. The summed E-state index contributed by atoms with van der Waals surface area (Å²) in [4.78, 5) is 31.6. The van der Waals surface area contributed by atoms with E-state index in [1.807, 2.05) is 11.9 Å². The number of unbranched alkanes of at least 4 members (excludes halogenated alkanes) is 1. The average molecular weight is 448 g/mol. The van der Waals surface area contributed by atoms with Gasteiger partial charge < -0.3 is 16.4 Å². The van der Waals surface area contributed by atoms with Gasteiger partial charge in [0, 0.05) is 19.2 Å². The van der Waals surface area contributed by atoms with Gasteiger partial charge >= 0.3 is 0 Å². The molecule has 0 bridgehead atoms. The first-order valence-electron chi connectivity index (χ1n) is 10.6. The number of anilines is 1. The van der Waals surface area contributed by atoms with E-state index in [0.29, 0.717) is 11.4 Å². The van der Waals surface area contributed by atoms with Crippen LogP contribution >= 0.6 is 0 Å². The number of halogens is 2. The van der Waals surface area contributed by atoms with E-state index in [0.717, 1.165) is 37.1 Å². The highest BCUT2D eigenvalue weighted by molar-refractivity contribution is 5.89. The van der Waals surface area contributed by atoms with Gasteiger partial charge in [-0.25, -0.2) is 13.8 Å². The second kappa shape index (κ2) is 12.1. The molecule has 7 nitrogen and oxygen atoms in total. The van der Waals surface area contributed by atoms with E-state index in [-0.39, 0.29) is 18.9 Å². The summed E-state index contributed by atoms with van der Waals surface area (Å²) in [5.74, 6) is -2.37. The van der Waals surface area contributed by atoms with Gasteiger partial charge in [-0.3, -0.25) is 14.5 Å². The van der Waals surface area contributed by atoms with Crippen molar-refractivity contribution < 1.29 is 18.4 Å². The summed E-state index contributed by atoms with van der Waals surface area (Å²) in [5.41, 5.74) is 6.70. The molecule has 1 heterocycles. The third-order valence-corrected chi connectivity index (χ3v) is 5.28. The van der Waals surface area contributed by atoms with Gasteiger partial charge in [0.05, 0.1) is 6.04 Å². The van der Waals surface area contributed by atoms with Crippen LogP contribution in [0.2, 0.25) is 0 Å². The Morgan fingerprint density at radius 1 is 1.12 bits per heavy atom. The van der Waals surface area contributed by atoms with E-state index >= 15 is 0 Å². The summed E-state index contributed by atoms with van der Waals surface area (Å²) in [7, 11) is 1.85. The van der Waals surface area contributed by atoms with Crippen molar-refractivity contribution in [3.05, 3.63) is 59.3 Å². The van der Waals surface area contributed by atoms with Gasteiger partial charge in [0.2, 0.25) is 11.8 Å². The molecule has 2 rings (SSSR count). The van der Waals surface area contributed by atoms with Crippen LogP contribution in [0.25, 0.3) is 0 Å². The number of hydrogen-bond acceptors (Lipinski definition) is 5. The Kier molecular flexibility index (Phi) is 9.52. The molecule has 0 spiro atoms. The number of nitrogens with one attached hydrogen (secondary N) is 2. The van der Waals surface area contributed by atoms with Crippen LogP contribution in [0.3, 0.4) is 0 Å². The van der Waals surface area contributed by atoms with Crippen LogP contribution in [-0.2, 0) is 22.6 Å². The fraction of sp³-hybridized carbons (Fsp3) is 0.435. The zero-order valence-corrected chi connectivity index (χ0v) is 18.7. The molecule has 0 fully saturated rings. The van der Waals surface area contributed by atoms with Crippen LogP contribution in [0.4, 0.5) is 14.6 Å². The highest BCUT2D eigenvalue weighted by Crippen LogP contribution is 2.12. The van der Waals surface area contributed by atoms with Gasteiger partial charge in [0.25, 0.3) is 0 Å². The quantitative estimate of drug-likeness (QED) is 0.491. The number of carbonyl (C=O) groups excluding carboxylic acids is 2.